The van der Waals surface area contributed by atoms with Crippen molar-refractivity contribution in [1.29, 1.82) is 5.26 Å². The summed E-state index contributed by atoms with van der Waals surface area (Å²) in [6, 6.07) is 25.1. The minimum absolute atomic E-state index is 0.123. The summed E-state index contributed by atoms with van der Waals surface area (Å²) in [7, 11) is -3.75. The number of allylic oxidation sites excluding steroid dienone is 1. The van der Waals surface area contributed by atoms with E-state index >= 15 is 0 Å². The zero-order chi connectivity index (χ0) is 28.4. The normalized spacial score (nSPS) is 14.7. The lowest BCUT2D eigenvalue weighted by Gasteiger charge is -2.26. The second kappa shape index (κ2) is 10.9. The maximum absolute atomic E-state index is 13.4. The molecule has 0 unspecified atom stereocenters. The summed E-state index contributed by atoms with van der Waals surface area (Å²) in [6.45, 7) is 1.26. The summed E-state index contributed by atoms with van der Waals surface area (Å²) in [4.78, 5) is 20.0. The molecule has 0 spiro atoms. The Morgan fingerprint density at radius 2 is 1.76 bits per heavy atom. The molecule has 1 fully saturated rings. The molecule has 0 radical (unpaired) electrons. The largest absolute Gasteiger partial charge is 0.379 e. The minimum Gasteiger partial charge on any atom is -0.379 e. The van der Waals surface area contributed by atoms with Gasteiger partial charge in [-0.1, -0.05) is 42.5 Å². The lowest BCUT2D eigenvalue weighted by atomic mass is 10.1. The molecule has 0 bridgehead atoms. The molecule has 0 saturated carbocycles. The Bertz CT molecular complexity index is 1990. The van der Waals surface area contributed by atoms with Gasteiger partial charge < -0.3 is 9.72 Å². The number of nitrogens with one attached hydrogen (secondary N) is 1. The van der Waals surface area contributed by atoms with Crippen LogP contribution in [0.5, 0.6) is 0 Å². The molecule has 41 heavy (non-hydrogen) atoms. The van der Waals surface area contributed by atoms with E-state index in [1.807, 2.05) is 30.3 Å². The number of hydrogen-bond acceptors (Lipinski definition) is 7. The highest BCUT2D eigenvalue weighted by molar-refractivity contribution is 7.89. The number of fused-ring (bicyclic) bond motifs is 1. The number of sulfonamides is 1. The number of morpholine rings is 1. The van der Waals surface area contributed by atoms with Gasteiger partial charge in [-0.15, -0.1) is 0 Å². The predicted molar refractivity (Wildman–Crippen MR) is 154 cm³/mol. The van der Waals surface area contributed by atoms with Crippen LogP contribution in [0.4, 0.5) is 0 Å². The molecule has 1 saturated heterocycles. The Labute approximate surface area is 235 Å². The number of para-hydroxylation sites is 2. The summed E-state index contributed by atoms with van der Waals surface area (Å²) < 4.78 is 35.2. The molecule has 2 aromatic heterocycles. The second-order valence-electron chi connectivity index (χ2n) is 9.36. The molecule has 0 aliphatic carbocycles. The van der Waals surface area contributed by atoms with E-state index in [4.69, 9.17) is 9.84 Å². The third-order valence-corrected chi connectivity index (χ3v) is 8.66. The molecule has 1 N–H and O–H groups in total. The van der Waals surface area contributed by atoms with Crippen molar-refractivity contribution in [1.82, 2.24) is 24.1 Å². The van der Waals surface area contributed by atoms with Gasteiger partial charge in [0.2, 0.25) is 10.0 Å². The molecule has 1 aliphatic rings. The molecule has 3 aromatic carbocycles. The number of rotatable bonds is 6. The number of benzene rings is 3. The summed E-state index contributed by atoms with van der Waals surface area (Å²) in [5.74, 6) is 0.123. The van der Waals surface area contributed by atoms with Crippen molar-refractivity contribution in [3.63, 3.8) is 0 Å². The van der Waals surface area contributed by atoms with Gasteiger partial charge in [0.05, 0.1) is 40.3 Å². The highest BCUT2D eigenvalue weighted by Gasteiger charge is 2.27. The van der Waals surface area contributed by atoms with Gasteiger partial charge >= 0.3 is 0 Å². The van der Waals surface area contributed by atoms with Gasteiger partial charge in [0.15, 0.2) is 5.82 Å². The van der Waals surface area contributed by atoms with Crippen molar-refractivity contribution >= 4 is 32.6 Å². The van der Waals surface area contributed by atoms with Crippen molar-refractivity contribution in [2.75, 3.05) is 26.3 Å². The molecule has 0 amide bonds. The summed E-state index contributed by atoms with van der Waals surface area (Å²) >= 11 is 0. The maximum Gasteiger partial charge on any atom is 0.259 e. The highest BCUT2D eigenvalue weighted by Crippen LogP contribution is 2.30. The van der Waals surface area contributed by atoms with Crippen LogP contribution in [0.1, 0.15) is 11.4 Å². The predicted octanol–water partition coefficient (Wildman–Crippen LogP) is 3.86. The van der Waals surface area contributed by atoms with Gasteiger partial charge in [0.25, 0.3) is 5.56 Å². The van der Waals surface area contributed by atoms with Crippen LogP contribution in [0.2, 0.25) is 0 Å². The summed E-state index contributed by atoms with van der Waals surface area (Å²) in [5, 5.41) is 15.3. The zero-order valence-electron chi connectivity index (χ0n) is 21.8. The maximum atomic E-state index is 13.4. The first-order valence-electron chi connectivity index (χ1n) is 12.9. The molecule has 11 heteroatoms. The zero-order valence-corrected chi connectivity index (χ0v) is 22.6. The van der Waals surface area contributed by atoms with Crippen LogP contribution >= 0.6 is 0 Å². The van der Waals surface area contributed by atoms with Crippen molar-refractivity contribution in [3.8, 4) is 23.0 Å². The lowest BCUT2D eigenvalue weighted by molar-refractivity contribution is 0.0730. The molecule has 204 valence electrons. The third-order valence-electron chi connectivity index (χ3n) is 6.77. The number of H-pyrrole nitrogens is 1. The van der Waals surface area contributed by atoms with Crippen molar-refractivity contribution in [3.05, 3.63) is 107 Å². The number of aromatic amines is 1. The van der Waals surface area contributed by atoms with Gasteiger partial charge in [0.1, 0.15) is 11.8 Å². The molecular formula is C30H24N6O4S. The lowest BCUT2D eigenvalue weighted by Crippen LogP contribution is -2.40. The highest BCUT2D eigenvalue weighted by atomic mass is 32.2. The second-order valence-corrected chi connectivity index (χ2v) is 11.3. The van der Waals surface area contributed by atoms with Gasteiger partial charge in [-0.2, -0.15) is 14.7 Å². The molecule has 3 heterocycles. The van der Waals surface area contributed by atoms with Gasteiger partial charge in [-0.25, -0.2) is 18.1 Å². The van der Waals surface area contributed by atoms with E-state index in [1.54, 1.807) is 65.5 Å². The Balaban J connectivity index is 1.49. The summed E-state index contributed by atoms with van der Waals surface area (Å²) in [5.41, 5.74) is 2.57. The first-order valence-corrected chi connectivity index (χ1v) is 14.3. The van der Waals surface area contributed by atoms with Crippen LogP contribution in [0.15, 0.2) is 94.7 Å². The van der Waals surface area contributed by atoms with E-state index in [9.17, 15) is 18.5 Å². The Morgan fingerprint density at radius 1 is 1.00 bits per heavy atom. The monoisotopic (exact) mass is 564 g/mol. The fourth-order valence-electron chi connectivity index (χ4n) is 4.69. The average Bonchev–Trinajstić information content (AvgIpc) is 3.45. The Morgan fingerprint density at radius 3 is 2.54 bits per heavy atom. The minimum atomic E-state index is -3.75. The van der Waals surface area contributed by atoms with Crippen LogP contribution in [-0.4, -0.2) is 58.8 Å². The Kier molecular flexibility index (Phi) is 7.03. The van der Waals surface area contributed by atoms with E-state index in [0.717, 1.165) is 5.69 Å². The topological polar surface area (TPSA) is 134 Å². The SMILES string of the molecule is N#C/C(=C/c1cn(-c2ccccc2)nc1-c1cccc(S(=O)(=O)N2CCOCC2)c1)c1nc2ccccc2c(=O)[nH]1. The van der Waals surface area contributed by atoms with Gasteiger partial charge in [-0.05, 0) is 42.5 Å². The smallest absolute Gasteiger partial charge is 0.259 e. The summed E-state index contributed by atoms with van der Waals surface area (Å²) in [6.07, 6.45) is 3.35. The van der Waals surface area contributed by atoms with E-state index in [-0.39, 0.29) is 34.9 Å². The number of aromatic nitrogens is 4. The number of nitrogens with zero attached hydrogens (tertiary/aromatic N) is 5. The fourth-order valence-corrected chi connectivity index (χ4v) is 6.15. The fraction of sp³-hybridized carbons (Fsp3) is 0.133. The molecule has 0 atom stereocenters. The number of hydrogen-bond donors (Lipinski definition) is 1. The molecule has 10 nitrogen and oxygen atoms in total. The van der Waals surface area contributed by atoms with Gasteiger partial charge in [0, 0.05) is 30.4 Å². The first kappa shape index (κ1) is 26.3. The van der Waals surface area contributed by atoms with Gasteiger partial charge in [-0.3, -0.25) is 4.79 Å². The van der Waals surface area contributed by atoms with Crippen LogP contribution in [-0.2, 0) is 14.8 Å². The Hall–Kier alpha value is -4.89. The van der Waals surface area contributed by atoms with Crippen molar-refractivity contribution in [2.24, 2.45) is 0 Å². The molecule has 1 aliphatic heterocycles. The van der Waals surface area contributed by atoms with E-state index in [1.165, 1.54) is 4.31 Å². The molecule has 6 rings (SSSR count). The van der Waals surface area contributed by atoms with E-state index in [0.29, 0.717) is 40.9 Å². The standard InChI is InChI=1S/C30H24N6O4S/c31-19-22(29-32-27-12-5-4-11-26(27)30(37)33-29)17-23-20-36(24-8-2-1-3-9-24)34-28(23)21-7-6-10-25(18-21)41(38,39)35-13-15-40-16-14-35/h1-12,17-18,20H,13-16H2,(H,32,33,37)/b22-17-. The quantitative estimate of drug-likeness (QED) is 0.310. The van der Waals surface area contributed by atoms with E-state index in [2.05, 4.69) is 16.0 Å². The average molecular weight is 565 g/mol. The van der Waals surface area contributed by atoms with Crippen molar-refractivity contribution < 1.29 is 13.2 Å². The third kappa shape index (κ3) is 5.19. The van der Waals surface area contributed by atoms with Crippen LogP contribution in [0.25, 0.3) is 39.5 Å². The number of ether oxygens (including phenoxy) is 1. The molecule has 5 aromatic rings. The van der Waals surface area contributed by atoms with Crippen LogP contribution < -0.4 is 5.56 Å². The first-order chi connectivity index (χ1) is 19.9. The van der Waals surface area contributed by atoms with Crippen molar-refractivity contribution in [2.45, 2.75) is 4.90 Å². The van der Waals surface area contributed by atoms with E-state index < -0.39 is 10.0 Å². The van der Waals surface area contributed by atoms with Crippen LogP contribution in [0, 0.1) is 11.3 Å². The number of nitriles is 1. The van der Waals surface area contributed by atoms with Crippen LogP contribution in [0.3, 0.4) is 0 Å². The molecular weight excluding hydrogens is 540 g/mol.